The van der Waals surface area contributed by atoms with Gasteiger partial charge in [0.2, 0.25) is 0 Å². The molecule has 0 bridgehead atoms. The van der Waals surface area contributed by atoms with Gasteiger partial charge in [-0.25, -0.2) is 9.97 Å². The quantitative estimate of drug-likeness (QED) is 0.815. The Bertz CT molecular complexity index is 446. The molecule has 21 heavy (non-hydrogen) atoms. The fraction of sp³-hybridized carbons (Fsp3) is 0.750. The van der Waals surface area contributed by atoms with Crippen molar-refractivity contribution in [2.75, 3.05) is 50.5 Å². The van der Waals surface area contributed by atoms with Gasteiger partial charge in [0.1, 0.15) is 17.5 Å². The van der Waals surface area contributed by atoms with E-state index in [1.54, 1.807) is 0 Å². The Morgan fingerprint density at radius 2 is 2.19 bits per heavy atom. The molecule has 5 heteroatoms. The van der Waals surface area contributed by atoms with Gasteiger partial charge in [0, 0.05) is 25.7 Å². The summed E-state index contributed by atoms with van der Waals surface area (Å²) in [4.78, 5) is 13.7. The minimum atomic E-state index is 0.755. The Hall–Kier alpha value is -1.36. The molecule has 0 aliphatic carbocycles. The van der Waals surface area contributed by atoms with Gasteiger partial charge >= 0.3 is 0 Å². The van der Waals surface area contributed by atoms with Gasteiger partial charge in [-0.1, -0.05) is 6.92 Å². The molecule has 1 unspecified atom stereocenters. The summed E-state index contributed by atoms with van der Waals surface area (Å²) in [5, 5.41) is 3.43. The van der Waals surface area contributed by atoms with Gasteiger partial charge in [-0.3, -0.25) is 0 Å². The summed E-state index contributed by atoms with van der Waals surface area (Å²) in [6, 6.07) is 2.10. The predicted octanol–water partition coefficient (Wildman–Crippen LogP) is 2.38. The highest BCUT2D eigenvalue weighted by molar-refractivity contribution is 5.49. The second-order valence-corrected chi connectivity index (χ2v) is 6.44. The van der Waals surface area contributed by atoms with Crippen molar-refractivity contribution in [3.05, 3.63) is 11.9 Å². The number of aromatic nitrogens is 2. The molecule has 2 rings (SSSR count). The van der Waals surface area contributed by atoms with Crippen molar-refractivity contribution in [1.82, 2.24) is 14.9 Å². The molecular formula is C16H29N5. The number of nitrogens with one attached hydrogen (secondary N) is 1. The maximum absolute atomic E-state index is 4.62. The lowest BCUT2D eigenvalue weighted by atomic mass is 10.0. The molecule has 1 fully saturated rings. The van der Waals surface area contributed by atoms with Crippen LogP contribution in [0.4, 0.5) is 11.6 Å². The number of aryl methyl sites for hydroxylation is 1. The zero-order valence-corrected chi connectivity index (χ0v) is 13.9. The van der Waals surface area contributed by atoms with E-state index in [2.05, 4.69) is 52.2 Å². The van der Waals surface area contributed by atoms with Gasteiger partial charge in [0.05, 0.1) is 0 Å². The Kier molecular flexibility index (Phi) is 5.79. The molecule has 1 saturated heterocycles. The summed E-state index contributed by atoms with van der Waals surface area (Å²) in [5.74, 6) is 3.63. The van der Waals surface area contributed by atoms with E-state index < -0.39 is 0 Å². The van der Waals surface area contributed by atoms with Crippen LogP contribution in [0.1, 0.15) is 32.0 Å². The Labute approximate surface area is 128 Å². The summed E-state index contributed by atoms with van der Waals surface area (Å²) >= 11 is 0. The average Bonchev–Trinajstić information content (AvgIpc) is 2.43. The van der Waals surface area contributed by atoms with Gasteiger partial charge in [-0.15, -0.1) is 0 Å². The monoisotopic (exact) mass is 291 g/mol. The molecule has 1 aliphatic heterocycles. The summed E-state index contributed by atoms with van der Waals surface area (Å²) in [6.45, 7) is 8.55. The lowest BCUT2D eigenvalue weighted by molar-refractivity contribution is 0.405. The first kappa shape index (κ1) is 16.0. The fourth-order valence-corrected chi connectivity index (χ4v) is 2.81. The summed E-state index contributed by atoms with van der Waals surface area (Å²) in [7, 11) is 4.20. The lowest BCUT2D eigenvalue weighted by Gasteiger charge is -2.32. The highest BCUT2D eigenvalue weighted by Crippen LogP contribution is 2.23. The summed E-state index contributed by atoms with van der Waals surface area (Å²) in [5.41, 5.74) is 0. The SMILES string of the molecule is Cc1nc(NCCCN(C)C)cc(N2CCCC(C)C2)n1. The number of nitrogens with zero attached hydrogens (tertiary/aromatic N) is 4. The van der Waals surface area contributed by atoms with Crippen LogP contribution in [-0.4, -0.2) is 55.1 Å². The van der Waals surface area contributed by atoms with E-state index in [-0.39, 0.29) is 0 Å². The van der Waals surface area contributed by atoms with Crippen LogP contribution in [0.5, 0.6) is 0 Å². The first-order valence-corrected chi connectivity index (χ1v) is 8.04. The van der Waals surface area contributed by atoms with E-state index in [1.807, 2.05) is 6.92 Å². The zero-order valence-electron chi connectivity index (χ0n) is 13.9. The second-order valence-electron chi connectivity index (χ2n) is 6.44. The van der Waals surface area contributed by atoms with Gasteiger partial charge < -0.3 is 15.1 Å². The number of hydrogen-bond acceptors (Lipinski definition) is 5. The molecule has 0 radical (unpaired) electrons. The zero-order chi connectivity index (χ0) is 15.2. The van der Waals surface area contributed by atoms with E-state index in [9.17, 15) is 0 Å². The van der Waals surface area contributed by atoms with Gasteiger partial charge in [-0.2, -0.15) is 0 Å². The largest absolute Gasteiger partial charge is 0.370 e. The second kappa shape index (κ2) is 7.59. The Balaban J connectivity index is 1.96. The molecule has 0 spiro atoms. The molecule has 118 valence electrons. The van der Waals surface area contributed by atoms with Crippen molar-refractivity contribution in [3.8, 4) is 0 Å². The molecule has 2 heterocycles. The van der Waals surface area contributed by atoms with Gasteiger partial charge in [0.15, 0.2) is 0 Å². The van der Waals surface area contributed by atoms with Crippen LogP contribution in [0, 0.1) is 12.8 Å². The minimum Gasteiger partial charge on any atom is -0.370 e. The van der Waals surface area contributed by atoms with Crippen LogP contribution in [-0.2, 0) is 0 Å². The lowest BCUT2D eigenvalue weighted by Crippen LogP contribution is -2.35. The molecule has 1 N–H and O–H groups in total. The first-order valence-electron chi connectivity index (χ1n) is 8.04. The molecule has 1 aromatic heterocycles. The standard InChI is InChI=1S/C16H29N5/c1-13-7-5-10-21(12-13)16-11-15(18-14(2)19-16)17-8-6-9-20(3)4/h11,13H,5-10,12H2,1-4H3,(H,17,18,19). The number of piperidine rings is 1. The van der Waals surface area contributed by atoms with Gasteiger partial charge in [0.25, 0.3) is 0 Å². The predicted molar refractivity (Wildman–Crippen MR) is 89.0 cm³/mol. The van der Waals surface area contributed by atoms with Crippen molar-refractivity contribution in [1.29, 1.82) is 0 Å². The minimum absolute atomic E-state index is 0.755. The Morgan fingerprint density at radius 3 is 2.90 bits per heavy atom. The number of hydrogen-bond donors (Lipinski definition) is 1. The number of rotatable bonds is 6. The van der Waals surface area contributed by atoms with Crippen LogP contribution >= 0.6 is 0 Å². The third-order valence-corrected chi connectivity index (χ3v) is 3.89. The van der Waals surface area contributed by atoms with Crippen LogP contribution in [0.2, 0.25) is 0 Å². The van der Waals surface area contributed by atoms with Crippen molar-refractivity contribution in [2.24, 2.45) is 5.92 Å². The summed E-state index contributed by atoms with van der Waals surface area (Å²) in [6.07, 6.45) is 3.71. The van der Waals surface area contributed by atoms with Crippen molar-refractivity contribution < 1.29 is 0 Å². The first-order chi connectivity index (χ1) is 10.0. The third-order valence-electron chi connectivity index (χ3n) is 3.89. The van der Waals surface area contributed by atoms with Crippen molar-refractivity contribution in [3.63, 3.8) is 0 Å². The highest BCUT2D eigenvalue weighted by Gasteiger charge is 2.18. The Morgan fingerprint density at radius 1 is 1.38 bits per heavy atom. The average molecular weight is 291 g/mol. The van der Waals surface area contributed by atoms with Crippen LogP contribution in [0.3, 0.4) is 0 Å². The maximum Gasteiger partial charge on any atom is 0.134 e. The van der Waals surface area contributed by atoms with Gasteiger partial charge in [-0.05, 0) is 52.7 Å². The van der Waals surface area contributed by atoms with E-state index in [0.717, 1.165) is 56.0 Å². The molecule has 0 aromatic carbocycles. The molecule has 1 aromatic rings. The third kappa shape index (κ3) is 5.16. The smallest absolute Gasteiger partial charge is 0.134 e. The molecule has 0 amide bonds. The topological polar surface area (TPSA) is 44.3 Å². The van der Waals surface area contributed by atoms with E-state index >= 15 is 0 Å². The molecule has 1 atom stereocenters. The van der Waals surface area contributed by atoms with Crippen LogP contribution < -0.4 is 10.2 Å². The highest BCUT2D eigenvalue weighted by atomic mass is 15.2. The van der Waals surface area contributed by atoms with Crippen LogP contribution in [0.15, 0.2) is 6.07 Å². The molecule has 1 aliphatic rings. The van der Waals surface area contributed by atoms with E-state index in [1.165, 1.54) is 12.8 Å². The summed E-state index contributed by atoms with van der Waals surface area (Å²) < 4.78 is 0. The van der Waals surface area contributed by atoms with Crippen LogP contribution in [0.25, 0.3) is 0 Å². The molecular weight excluding hydrogens is 262 g/mol. The molecule has 5 nitrogen and oxygen atoms in total. The maximum atomic E-state index is 4.62. The normalized spacial score (nSPS) is 19.1. The fourth-order valence-electron chi connectivity index (χ4n) is 2.81. The number of anilines is 2. The molecule has 0 saturated carbocycles. The van der Waals surface area contributed by atoms with E-state index in [4.69, 9.17) is 0 Å². The van der Waals surface area contributed by atoms with Crippen molar-refractivity contribution >= 4 is 11.6 Å². The van der Waals surface area contributed by atoms with E-state index in [0.29, 0.717) is 0 Å². The van der Waals surface area contributed by atoms with Crippen molar-refractivity contribution in [2.45, 2.75) is 33.1 Å².